The van der Waals surface area contributed by atoms with E-state index in [1.54, 1.807) is 0 Å². The largest absolute Gasteiger partial charge is 0.400 e. The number of carbonyl (C=O) groups excluding carboxylic acids is 1. The third kappa shape index (κ3) is 4.62. The molecule has 0 saturated heterocycles. The predicted molar refractivity (Wildman–Crippen MR) is 59.2 cm³/mol. The molecule has 4 nitrogen and oxygen atoms in total. The molecule has 0 aliphatic heterocycles. The molecule has 1 aliphatic rings. The number of aliphatic hydroxyl groups excluding tert-OH is 2. The van der Waals surface area contributed by atoms with Crippen LogP contribution in [0.25, 0.3) is 0 Å². The van der Waals surface area contributed by atoms with Crippen molar-refractivity contribution in [3.63, 3.8) is 0 Å². The van der Waals surface area contributed by atoms with Gasteiger partial charge >= 0.3 is 0 Å². The zero-order valence-electron chi connectivity index (χ0n) is 9.70. The fourth-order valence-electron chi connectivity index (χ4n) is 2.08. The van der Waals surface area contributed by atoms with Gasteiger partial charge in [0.2, 0.25) is 5.91 Å². The molecule has 1 amide bonds. The first-order chi connectivity index (χ1) is 7.04. The normalized spacial score (nSPS) is 30.3. The van der Waals surface area contributed by atoms with Crippen LogP contribution in [-0.2, 0) is 4.79 Å². The van der Waals surface area contributed by atoms with Gasteiger partial charge in [-0.2, -0.15) is 0 Å². The minimum Gasteiger partial charge on any atom is -0.400 e. The molecule has 1 saturated carbocycles. The molecule has 0 spiro atoms. The molecular weight excluding hydrogens is 194 g/mol. The second-order valence-electron chi connectivity index (χ2n) is 4.38. The van der Waals surface area contributed by atoms with Gasteiger partial charge in [-0.05, 0) is 24.7 Å². The van der Waals surface area contributed by atoms with E-state index in [2.05, 4.69) is 6.92 Å². The Morgan fingerprint density at radius 2 is 2.07 bits per heavy atom. The lowest BCUT2D eigenvalue weighted by Crippen LogP contribution is -2.36. The molecule has 0 heterocycles. The second kappa shape index (κ2) is 6.80. The van der Waals surface area contributed by atoms with Crippen molar-refractivity contribution in [1.29, 1.82) is 0 Å². The molecule has 2 unspecified atom stereocenters. The molecule has 2 atom stereocenters. The van der Waals surface area contributed by atoms with Crippen molar-refractivity contribution in [3.8, 4) is 0 Å². The van der Waals surface area contributed by atoms with E-state index in [1.165, 1.54) is 0 Å². The van der Waals surface area contributed by atoms with Gasteiger partial charge in [0.25, 0.3) is 0 Å². The first-order valence-electron chi connectivity index (χ1n) is 5.46. The van der Waals surface area contributed by atoms with Crippen molar-refractivity contribution in [2.45, 2.75) is 51.6 Å². The Kier molecular flexibility index (Phi) is 6.52. The highest BCUT2D eigenvalue weighted by atomic mass is 16.3. The number of amides is 1. The van der Waals surface area contributed by atoms with Crippen molar-refractivity contribution >= 4 is 5.91 Å². The van der Waals surface area contributed by atoms with Gasteiger partial charge in [-0.15, -0.1) is 0 Å². The van der Waals surface area contributed by atoms with E-state index >= 15 is 0 Å². The Labute approximate surface area is 91.5 Å². The molecule has 0 aromatic carbocycles. The van der Waals surface area contributed by atoms with Crippen LogP contribution >= 0.6 is 0 Å². The highest BCUT2D eigenvalue weighted by Gasteiger charge is 2.34. The van der Waals surface area contributed by atoms with E-state index in [0.29, 0.717) is 6.42 Å². The van der Waals surface area contributed by atoms with Gasteiger partial charge < -0.3 is 15.9 Å². The SMILES string of the molecule is CC1(CCC(N)=O)CCCCC1O.CO. The first kappa shape index (κ1) is 14.4. The lowest BCUT2D eigenvalue weighted by molar-refractivity contribution is -0.119. The summed E-state index contributed by atoms with van der Waals surface area (Å²) in [5.41, 5.74) is 5.02. The fourth-order valence-corrected chi connectivity index (χ4v) is 2.08. The molecule has 0 bridgehead atoms. The van der Waals surface area contributed by atoms with Crippen LogP contribution in [0.3, 0.4) is 0 Å². The minimum atomic E-state index is -0.265. The van der Waals surface area contributed by atoms with Gasteiger partial charge in [-0.25, -0.2) is 0 Å². The van der Waals surface area contributed by atoms with Crippen molar-refractivity contribution in [3.05, 3.63) is 0 Å². The maximum absolute atomic E-state index is 10.6. The van der Waals surface area contributed by atoms with Crippen LogP contribution in [0.2, 0.25) is 0 Å². The molecule has 0 aromatic rings. The lowest BCUT2D eigenvalue weighted by atomic mass is 9.70. The standard InChI is InChI=1S/C10H19NO2.CH4O/c1-10(7-5-9(11)13)6-3-2-4-8(10)12;1-2/h8,12H,2-7H2,1H3,(H2,11,13);2H,1H3. The molecule has 15 heavy (non-hydrogen) atoms. The molecule has 0 aromatic heterocycles. The van der Waals surface area contributed by atoms with Gasteiger partial charge in [-0.1, -0.05) is 19.8 Å². The van der Waals surface area contributed by atoms with E-state index in [4.69, 9.17) is 10.8 Å². The van der Waals surface area contributed by atoms with Gasteiger partial charge in [-0.3, -0.25) is 4.79 Å². The average molecular weight is 217 g/mol. The van der Waals surface area contributed by atoms with Crippen LogP contribution in [0.5, 0.6) is 0 Å². The summed E-state index contributed by atoms with van der Waals surface area (Å²) in [5.74, 6) is -0.265. The first-order valence-corrected chi connectivity index (χ1v) is 5.46. The fraction of sp³-hybridized carbons (Fsp3) is 0.909. The molecule has 90 valence electrons. The molecule has 1 fully saturated rings. The average Bonchev–Trinajstić information content (AvgIpc) is 2.23. The number of nitrogens with two attached hydrogens (primary N) is 1. The van der Waals surface area contributed by atoms with E-state index in [-0.39, 0.29) is 17.4 Å². The summed E-state index contributed by atoms with van der Waals surface area (Å²) in [6.45, 7) is 2.06. The Bertz CT molecular complexity index is 196. The van der Waals surface area contributed by atoms with Crippen LogP contribution in [0.1, 0.15) is 45.4 Å². The number of rotatable bonds is 3. The maximum Gasteiger partial charge on any atom is 0.217 e. The smallest absolute Gasteiger partial charge is 0.217 e. The summed E-state index contributed by atoms with van der Waals surface area (Å²) in [6.07, 6.45) is 5.02. The van der Waals surface area contributed by atoms with Crippen LogP contribution in [0, 0.1) is 5.41 Å². The predicted octanol–water partition coefficient (Wildman–Crippen LogP) is 0.802. The number of carbonyl (C=O) groups is 1. The Morgan fingerprint density at radius 3 is 2.53 bits per heavy atom. The summed E-state index contributed by atoms with van der Waals surface area (Å²) in [5, 5.41) is 16.8. The van der Waals surface area contributed by atoms with E-state index < -0.39 is 0 Å². The van der Waals surface area contributed by atoms with Gasteiger partial charge in [0.15, 0.2) is 0 Å². The lowest BCUT2D eigenvalue weighted by Gasteiger charge is -2.38. The molecule has 4 heteroatoms. The third-order valence-electron chi connectivity index (χ3n) is 3.22. The molecule has 0 radical (unpaired) electrons. The number of aliphatic hydroxyl groups is 2. The molecule has 4 N–H and O–H groups in total. The van der Waals surface area contributed by atoms with Crippen LogP contribution in [-0.4, -0.2) is 29.3 Å². The summed E-state index contributed by atoms with van der Waals surface area (Å²) in [6, 6.07) is 0. The van der Waals surface area contributed by atoms with Crippen LogP contribution in [0.15, 0.2) is 0 Å². The zero-order chi connectivity index (χ0) is 11.9. The maximum atomic E-state index is 10.6. The molecular formula is C11H23NO3. The molecule has 1 rings (SSSR count). The van der Waals surface area contributed by atoms with Gasteiger partial charge in [0.05, 0.1) is 6.10 Å². The van der Waals surface area contributed by atoms with E-state index in [0.717, 1.165) is 39.2 Å². The van der Waals surface area contributed by atoms with E-state index in [9.17, 15) is 9.90 Å². The molecule has 1 aliphatic carbocycles. The topological polar surface area (TPSA) is 83.6 Å². The highest BCUT2D eigenvalue weighted by Crippen LogP contribution is 2.39. The van der Waals surface area contributed by atoms with Crippen molar-refractivity contribution < 1.29 is 15.0 Å². The van der Waals surface area contributed by atoms with Crippen molar-refractivity contribution in [1.82, 2.24) is 0 Å². The van der Waals surface area contributed by atoms with E-state index in [1.807, 2.05) is 0 Å². The zero-order valence-corrected chi connectivity index (χ0v) is 9.70. The Hall–Kier alpha value is -0.610. The van der Waals surface area contributed by atoms with Crippen LogP contribution < -0.4 is 5.73 Å². The summed E-state index contributed by atoms with van der Waals surface area (Å²) in [4.78, 5) is 10.6. The Balaban J connectivity index is 0.000000921. The second-order valence-corrected chi connectivity index (χ2v) is 4.38. The summed E-state index contributed by atoms with van der Waals surface area (Å²) >= 11 is 0. The highest BCUT2D eigenvalue weighted by molar-refractivity contribution is 5.73. The number of hydrogen-bond acceptors (Lipinski definition) is 3. The minimum absolute atomic E-state index is 0.0761. The third-order valence-corrected chi connectivity index (χ3v) is 3.22. The summed E-state index contributed by atoms with van der Waals surface area (Å²) < 4.78 is 0. The summed E-state index contributed by atoms with van der Waals surface area (Å²) in [7, 11) is 1.00. The number of primary amides is 1. The monoisotopic (exact) mass is 217 g/mol. The van der Waals surface area contributed by atoms with Crippen molar-refractivity contribution in [2.75, 3.05) is 7.11 Å². The van der Waals surface area contributed by atoms with Crippen molar-refractivity contribution in [2.24, 2.45) is 11.1 Å². The quantitative estimate of drug-likeness (QED) is 0.654. The Morgan fingerprint density at radius 1 is 1.47 bits per heavy atom. The number of hydrogen-bond donors (Lipinski definition) is 3. The van der Waals surface area contributed by atoms with Gasteiger partial charge in [0.1, 0.15) is 0 Å². The van der Waals surface area contributed by atoms with Gasteiger partial charge in [0, 0.05) is 13.5 Å². The van der Waals surface area contributed by atoms with Crippen LogP contribution in [0.4, 0.5) is 0 Å².